The maximum atomic E-state index is 11.9. The lowest BCUT2D eigenvalue weighted by atomic mass is 9.93. The van der Waals surface area contributed by atoms with Crippen molar-refractivity contribution in [3.63, 3.8) is 0 Å². The molecule has 0 fully saturated rings. The number of carbonyl (C=O) groups excluding carboxylic acids is 2. The lowest BCUT2D eigenvalue weighted by Crippen LogP contribution is -2.02. The fraction of sp³-hybridized carbons (Fsp3) is 0.100. The zero-order chi connectivity index (χ0) is 17.3. The van der Waals surface area contributed by atoms with Crippen molar-refractivity contribution in [3.8, 4) is 11.1 Å². The van der Waals surface area contributed by atoms with Crippen LogP contribution < -0.4 is 0 Å². The molecule has 0 bridgehead atoms. The standard InChI is InChI=1S/C20H15ClO3/c1-12(22)15-9-13-5-3-4-6-16(13)17(11-15)14-7-8-19(21)18(10-14)20(23)24-2/h3-11H,1-2H3. The van der Waals surface area contributed by atoms with Crippen LogP contribution in [0.5, 0.6) is 0 Å². The SMILES string of the molecule is COC(=O)c1cc(-c2cc(C(C)=O)cc3ccccc23)ccc1Cl. The minimum Gasteiger partial charge on any atom is -0.465 e. The molecule has 0 radical (unpaired) electrons. The van der Waals surface area contributed by atoms with Crippen LogP contribution in [0.1, 0.15) is 27.6 Å². The molecule has 0 saturated heterocycles. The highest BCUT2D eigenvalue weighted by molar-refractivity contribution is 6.33. The van der Waals surface area contributed by atoms with Crippen molar-refractivity contribution < 1.29 is 14.3 Å². The highest BCUT2D eigenvalue weighted by atomic mass is 35.5. The number of methoxy groups -OCH3 is 1. The Morgan fingerprint density at radius 3 is 2.46 bits per heavy atom. The second-order valence-corrected chi connectivity index (χ2v) is 5.89. The van der Waals surface area contributed by atoms with Gasteiger partial charge in [0.2, 0.25) is 0 Å². The van der Waals surface area contributed by atoms with E-state index in [0.717, 1.165) is 21.9 Å². The Balaban J connectivity index is 2.29. The summed E-state index contributed by atoms with van der Waals surface area (Å²) in [7, 11) is 1.32. The van der Waals surface area contributed by atoms with E-state index in [1.807, 2.05) is 42.5 Å². The van der Waals surface area contributed by atoms with Crippen LogP contribution in [0.2, 0.25) is 5.02 Å². The third-order valence-corrected chi connectivity index (χ3v) is 4.28. The molecule has 3 nitrogen and oxygen atoms in total. The summed E-state index contributed by atoms with van der Waals surface area (Å²) in [6, 6.07) is 16.7. The van der Waals surface area contributed by atoms with Gasteiger partial charge in [-0.2, -0.15) is 0 Å². The molecule has 0 heterocycles. The van der Waals surface area contributed by atoms with Gasteiger partial charge < -0.3 is 4.74 Å². The molecule has 3 aromatic rings. The molecule has 3 rings (SSSR count). The number of esters is 1. The van der Waals surface area contributed by atoms with E-state index in [4.69, 9.17) is 16.3 Å². The van der Waals surface area contributed by atoms with Gasteiger partial charge in [0.1, 0.15) is 0 Å². The van der Waals surface area contributed by atoms with Crippen LogP contribution in [0.25, 0.3) is 21.9 Å². The topological polar surface area (TPSA) is 43.4 Å². The predicted molar refractivity (Wildman–Crippen MR) is 95.7 cm³/mol. The maximum Gasteiger partial charge on any atom is 0.339 e. The van der Waals surface area contributed by atoms with E-state index in [1.54, 1.807) is 12.1 Å². The molecule has 0 unspecified atom stereocenters. The largest absolute Gasteiger partial charge is 0.465 e. The molecule has 0 amide bonds. The van der Waals surface area contributed by atoms with Gasteiger partial charge in [0.15, 0.2) is 5.78 Å². The van der Waals surface area contributed by atoms with Gasteiger partial charge in [0.25, 0.3) is 0 Å². The van der Waals surface area contributed by atoms with E-state index in [-0.39, 0.29) is 5.78 Å². The molecule has 0 N–H and O–H groups in total. The summed E-state index contributed by atoms with van der Waals surface area (Å²) in [5.74, 6) is -0.502. The molecule has 0 aliphatic carbocycles. The molecule has 4 heteroatoms. The average molecular weight is 339 g/mol. The highest BCUT2D eigenvalue weighted by Crippen LogP contribution is 2.32. The smallest absolute Gasteiger partial charge is 0.339 e. The molecule has 0 aromatic heterocycles. The van der Waals surface area contributed by atoms with Gasteiger partial charge >= 0.3 is 5.97 Å². The summed E-state index contributed by atoms with van der Waals surface area (Å²) in [6.45, 7) is 1.54. The zero-order valence-electron chi connectivity index (χ0n) is 13.3. The molecule has 120 valence electrons. The van der Waals surface area contributed by atoms with Gasteiger partial charge in [0, 0.05) is 5.56 Å². The number of rotatable bonds is 3. The number of benzene rings is 3. The number of hydrogen-bond acceptors (Lipinski definition) is 3. The molecule has 24 heavy (non-hydrogen) atoms. The number of hydrogen-bond donors (Lipinski definition) is 0. The van der Waals surface area contributed by atoms with Crippen LogP contribution in [0, 0.1) is 0 Å². The van der Waals surface area contributed by atoms with Crippen LogP contribution in [0.15, 0.2) is 54.6 Å². The number of ether oxygens (including phenoxy) is 1. The van der Waals surface area contributed by atoms with Gasteiger partial charge in [-0.15, -0.1) is 0 Å². The third kappa shape index (κ3) is 2.91. The first-order valence-electron chi connectivity index (χ1n) is 7.43. The monoisotopic (exact) mass is 338 g/mol. The Labute approximate surface area is 144 Å². The Morgan fingerprint density at radius 2 is 1.75 bits per heavy atom. The van der Waals surface area contributed by atoms with E-state index in [9.17, 15) is 9.59 Å². The third-order valence-electron chi connectivity index (χ3n) is 3.95. The fourth-order valence-electron chi connectivity index (χ4n) is 2.71. The summed E-state index contributed by atoms with van der Waals surface area (Å²) >= 11 is 6.10. The maximum absolute atomic E-state index is 11.9. The van der Waals surface area contributed by atoms with Crippen molar-refractivity contribution in [1.82, 2.24) is 0 Å². The Hall–Kier alpha value is -2.65. The van der Waals surface area contributed by atoms with Crippen LogP contribution in [-0.4, -0.2) is 18.9 Å². The average Bonchev–Trinajstić information content (AvgIpc) is 2.60. The molecule has 3 aromatic carbocycles. The Kier molecular flexibility index (Phi) is 4.36. The van der Waals surface area contributed by atoms with Crippen molar-refractivity contribution in [3.05, 3.63) is 70.7 Å². The second kappa shape index (κ2) is 6.46. The highest BCUT2D eigenvalue weighted by Gasteiger charge is 2.14. The van der Waals surface area contributed by atoms with Crippen LogP contribution >= 0.6 is 11.6 Å². The van der Waals surface area contributed by atoms with Gasteiger partial charge in [0.05, 0.1) is 17.7 Å². The Morgan fingerprint density at radius 1 is 1.00 bits per heavy atom. The van der Waals surface area contributed by atoms with Crippen molar-refractivity contribution >= 4 is 34.1 Å². The fourth-order valence-corrected chi connectivity index (χ4v) is 2.91. The number of ketones is 1. The summed E-state index contributed by atoms with van der Waals surface area (Å²) in [4.78, 5) is 23.7. The molecule has 0 aliphatic heterocycles. The van der Waals surface area contributed by atoms with Crippen LogP contribution in [0.3, 0.4) is 0 Å². The zero-order valence-corrected chi connectivity index (χ0v) is 14.1. The molecular formula is C20H15ClO3. The van der Waals surface area contributed by atoms with E-state index in [2.05, 4.69) is 0 Å². The predicted octanol–water partition coefficient (Wildman–Crippen LogP) is 5.15. The first kappa shape index (κ1) is 16.2. The number of carbonyl (C=O) groups is 2. The number of halogens is 1. The minimum atomic E-state index is -0.492. The summed E-state index contributed by atoms with van der Waals surface area (Å²) in [6.07, 6.45) is 0. The van der Waals surface area contributed by atoms with E-state index >= 15 is 0 Å². The van der Waals surface area contributed by atoms with Crippen LogP contribution in [0.4, 0.5) is 0 Å². The van der Waals surface area contributed by atoms with Gasteiger partial charge in [-0.1, -0.05) is 41.9 Å². The minimum absolute atomic E-state index is 0.0100. The van der Waals surface area contributed by atoms with Gasteiger partial charge in [-0.05, 0) is 53.1 Å². The first-order chi connectivity index (χ1) is 11.5. The molecular weight excluding hydrogens is 324 g/mol. The molecule has 0 atom stereocenters. The molecule has 0 saturated carbocycles. The number of fused-ring (bicyclic) bond motifs is 1. The van der Waals surface area contributed by atoms with Gasteiger partial charge in [-0.25, -0.2) is 4.79 Å². The van der Waals surface area contributed by atoms with E-state index in [0.29, 0.717) is 16.1 Å². The van der Waals surface area contributed by atoms with Crippen molar-refractivity contribution in [1.29, 1.82) is 0 Å². The molecule has 0 aliphatic rings. The Bertz CT molecular complexity index is 960. The number of Topliss-reactive ketones (excluding diaryl/α,β-unsaturated/α-hetero) is 1. The quantitative estimate of drug-likeness (QED) is 0.490. The normalized spacial score (nSPS) is 10.6. The first-order valence-corrected chi connectivity index (χ1v) is 7.81. The van der Waals surface area contributed by atoms with Crippen molar-refractivity contribution in [2.24, 2.45) is 0 Å². The van der Waals surface area contributed by atoms with E-state index < -0.39 is 5.97 Å². The summed E-state index contributed by atoms with van der Waals surface area (Å²) in [5, 5.41) is 2.30. The van der Waals surface area contributed by atoms with Gasteiger partial charge in [-0.3, -0.25) is 4.79 Å². The second-order valence-electron chi connectivity index (χ2n) is 5.49. The lowest BCUT2D eigenvalue weighted by Gasteiger charge is -2.11. The van der Waals surface area contributed by atoms with E-state index in [1.165, 1.54) is 14.0 Å². The lowest BCUT2D eigenvalue weighted by molar-refractivity contribution is 0.0601. The van der Waals surface area contributed by atoms with Crippen molar-refractivity contribution in [2.75, 3.05) is 7.11 Å². The van der Waals surface area contributed by atoms with Crippen molar-refractivity contribution in [2.45, 2.75) is 6.92 Å². The summed E-state index contributed by atoms with van der Waals surface area (Å²) < 4.78 is 4.78. The summed E-state index contributed by atoms with van der Waals surface area (Å²) in [5.41, 5.74) is 2.60. The molecule has 0 spiro atoms. The van der Waals surface area contributed by atoms with Crippen LogP contribution in [-0.2, 0) is 4.74 Å².